The van der Waals surface area contributed by atoms with Crippen molar-refractivity contribution in [1.82, 2.24) is 14.5 Å². The van der Waals surface area contributed by atoms with Crippen LogP contribution in [0.3, 0.4) is 0 Å². The number of rotatable bonds is 3. The van der Waals surface area contributed by atoms with Gasteiger partial charge in [-0.1, -0.05) is 32.0 Å². The summed E-state index contributed by atoms with van der Waals surface area (Å²) in [5.74, 6) is 1.09. The molecule has 1 aliphatic rings. The van der Waals surface area contributed by atoms with Gasteiger partial charge in [0.25, 0.3) is 0 Å². The number of hydrogen-bond acceptors (Lipinski definition) is 3. The Labute approximate surface area is 126 Å². The number of nitrogens with zero attached hydrogens (tertiary/aromatic N) is 3. The van der Waals surface area contributed by atoms with Crippen molar-refractivity contribution in [2.75, 3.05) is 13.1 Å². The molecule has 0 radical (unpaired) electrons. The second kappa shape index (κ2) is 5.62. The zero-order valence-electron chi connectivity index (χ0n) is 12.9. The topological polar surface area (TPSA) is 47.1 Å². The van der Waals surface area contributed by atoms with Crippen molar-refractivity contribution in [3.63, 3.8) is 0 Å². The fraction of sp³-hybridized carbons (Fsp3) is 0.471. The Bertz CT molecular complexity index is 588. The van der Waals surface area contributed by atoms with Gasteiger partial charge in [-0.05, 0) is 24.0 Å². The number of nitrogens with two attached hydrogens (primary N) is 1. The summed E-state index contributed by atoms with van der Waals surface area (Å²) < 4.78 is 2.17. The normalized spacial score (nSPS) is 22.3. The standard InChI is InChI=1S/C17H24N4/c1-17(2)13-20(10-8-15(17)18)12-16-19-9-11-21(16)14-6-4-3-5-7-14/h3-7,9,11,15H,8,10,12-13,18H2,1-2H3. The average Bonchev–Trinajstić information content (AvgIpc) is 2.92. The predicted molar refractivity (Wildman–Crippen MR) is 85.2 cm³/mol. The van der Waals surface area contributed by atoms with Gasteiger partial charge in [0, 0.05) is 37.2 Å². The van der Waals surface area contributed by atoms with E-state index < -0.39 is 0 Å². The van der Waals surface area contributed by atoms with Crippen LogP contribution in [0.15, 0.2) is 42.7 Å². The van der Waals surface area contributed by atoms with Gasteiger partial charge in [-0.15, -0.1) is 0 Å². The highest BCUT2D eigenvalue weighted by atomic mass is 15.2. The molecule has 0 bridgehead atoms. The van der Waals surface area contributed by atoms with Crippen LogP contribution in [0.4, 0.5) is 0 Å². The summed E-state index contributed by atoms with van der Waals surface area (Å²) in [6.45, 7) is 7.46. The molecule has 3 rings (SSSR count). The summed E-state index contributed by atoms with van der Waals surface area (Å²) >= 11 is 0. The molecule has 1 aromatic carbocycles. The smallest absolute Gasteiger partial charge is 0.127 e. The van der Waals surface area contributed by atoms with Crippen LogP contribution in [0.5, 0.6) is 0 Å². The van der Waals surface area contributed by atoms with Crippen molar-refractivity contribution >= 4 is 0 Å². The Morgan fingerprint density at radius 3 is 2.76 bits per heavy atom. The molecule has 1 aliphatic heterocycles. The van der Waals surface area contributed by atoms with Gasteiger partial charge in [0.05, 0.1) is 6.54 Å². The number of likely N-dealkylation sites (tertiary alicyclic amines) is 1. The summed E-state index contributed by atoms with van der Waals surface area (Å²) in [5.41, 5.74) is 7.56. The Morgan fingerprint density at radius 1 is 1.29 bits per heavy atom. The van der Waals surface area contributed by atoms with Crippen molar-refractivity contribution < 1.29 is 0 Å². The molecule has 2 heterocycles. The summed E-state index contributed by atoms with van der Waals surface area (Å²) in [6, 6.07) is 10.7. The summed E-state index contributed by atoms with van der Waals surface area (Å²) in [4.78, 5) is 7.01. The third-order valence-corrected chi connectivity index (χ3v) is 4.51. The van der Waals surface area contributed by atoms with Crippen LogP contribution in [0.2, 0.25) is 0 Å². The first-order chi connectivity index (χ1) is 10.1. The molecule has 0 saturated carbocycles. The van der Waals surface area contributed by atoms with Crippen molar-refractivity contribution in [2.24, 2.45) is 11.1 Å². The number of hydrogen-bond donors (Lipinski definition) is 1. The molecule has 21 heavy (non-hydrogen) atoms. The minimum atomic E-state index is 0.169. The largest absolute Gasteiger partial charge is 0.327 e. The van der Waals surface area contributed by atoms with E-state index in [1.165, 1.54) is 0 Å². The van der Waals surface area contributed by atoms with Crippen LogP contribution in [-0.4, -0.2) is 33.6 Å². The first-order valence-electron chi connectivity index (χ1n) is 7.62. The monoisotopic (exact) mass is 284 g/mol. The maximum absolute atomic E-state index is 6.22. The molecule has 0 spiro atoms. The maximum Gasteiger partial charge on any atom is 0.127 e. The van der Waals surface area contributed by atoms with E-state index in [1.54, 1.807) is 0 Å². The molecule has 0 aliphatic carbocycles. The highest BCUT2D eigenvalue weighted by Crippen LogP contribution is 2.28. The van der Waals surface area contributed by atoms with Crippen molar-refractivity contribution in [3.05, 3.63) is 48.5 Å². The molecular weight excluding hydrogens is 260 g/mol. The van der Waals surface area contributed by atoms with Gasteiger partial charge < -0.3 is 10.3 Å². The second-order valence-electron chi connectivity index (χ2n) is 6.64. The minimum absolute atomic E-state index is 0.169. The Hall–Kier alpha value is -1.65. The van der Waals surface area contributed by atoms with E-state index in [-0.39, 0.29) is 5.41 Å². The van der Waals surface area contributed by atoms with Gasteiger partial charge >= 0.3 is 0 Å². The molecule has 1 unspecified atom stereocenters. The van der Waals surface area contributed by atoms with Crippen molar-refractivity contribution in [2.45, 2.75) is 32.9 Å². The van der Waals surface area contributed by atoms with E-state index in [9.17, 15) is 0 Å². The lowest BCUT2D eigenvalue weighted by molar-refractivity contribution is 0.0875. The quantitative estimate of drug-likeness (QED) is 0.941. The molecule has 2 aromatic rings. The van der Waals surface area contributed by atoms with Gasteiger partial charge in [0.2, 0.25) is 0 Å². The maximum atomic E-state index is 6.22. The zero-order chi connectivity index (χ0) is 14.9. The summed E-state index contributed by atoms with van der Waals surface area (Å²) in [7, 11) is 0. The fourth-order valence-corrected chi connectivity index (χ4v) is 3.09. The van der Waals surface area contributed by atoms with Crippen LogP contribution in [0, 0.1) is 5.41 Å². The SMILES string of the molecule is CC1(C)CN(Cc2nccn2-c2ccccc2)CCC1N. The Balaban J connectivity index is 1.76. The van der Waals surface area contributed by atoms with E-state index in [1.807, 2.05) is 18.5 Å². The lowest BCUT2D eigenvalue weighted by Crippen LogP contribution is -2.52. The fourth-order valence-electron chi connectivity index (χ4n) is 3.09. The van der Waals surface area contributed by atoms with E-state index in [0.29, 0.717) is 6.04 Å². The molecule has 1 saturated heterocycles. The van der Waals surface area contributed by atoms with Gasteiger partial charge in [0.15, 0.2) is 0 Å². The zero-order valence-corrected chi connectivity index (χ0v) is 12.9. The highest BCUT2D eigenvalue weighted by Gasteiger charge is 2.33. The molecular formula is C17H24N4. The van der Waals surface area contributed by atoms with Crippen LogP contribution in [0.25, 0.3) is 5.69 Å². The van der Waals surface area contributed by atoms with Crippen LogP contribution in [0.1, 0.15) is 26.1 Å². The lowest BCUT2D eigenvalue weighted by Gasteiger charge is -2.42. The van der Waals surface area contributed by atoms with Gasteiger partial charge in [-0.2, -0.15) is 0 Å². The summed E-state index contributed by atoms with van der Waals surface area (Å²) in [5, 5.41) is 0. The lowest BCUT2D eigenvalue weighted by atomic mass is 9.80. The predicted octanol–water partition coefficient (Wildman–Crippen LogP) is 2.43. The van der Waals surface area contributed by atoms with Crippen LogP contribution in [-0.2, 0) is 6.54 Å². The minimum Gasteiger partial charge on any atom is -0.327 e. The second-order valence-corrected chi connectivity index (χ2v) is 6.64. The third-order valence-electron chi connectivity index (χ3n) is 4.51. The summed E-state index contributed by atoms with van der Waals surface area (Å²) in [6.07, 6.45) is 4.97. The molecule has 4 heteroatoms. The molecule has 1 atom stereocenters. The van der Waals surface area contributed by atoms with E-state index in [4.69, 9.17) is 5.73 Å². The van der Waals surface area contributed by atoms with E-state index >= 15 is 0 Å². The van der Waals surface area contributed by atoms with Crippen molar-refractivity contribution in [3.8, 4) is 5.69 Å². The van der Waals surface area contributed by atoms with Crippen LogP contribution < -0.4 is 5.73 Å². The molecule has 1 aromatic heterocycles. The number of benzene rings is 1. The van der Waals surface area contributed by atoms with Crippen LogP contribution >= 0.6 is 0 Å². The first-order valence-corrected chi connectivity index (χ1v) is 7.62. The third kappa shape index (κ3) is 3.01. The van der Waals surface area contributed by atoms with Gasteiger partial charge in [-0.25, -0.2) is 4.98 Å². The van der Waals surface area contributed by atoms with Gasteiger partial charge in [0.1, 0.15) is 5.82 Å². The number of para-hydroxylation sites is 1. The number of imidazole rings is 1. The molecule has 1 fully saturated rings. The first kappa shape index (κ1) is 14.3. The number of piperidine rings is 1. The molecule has 112 valence electrons. The van der Waals surface area contributed by atoms with Gasteiger partial charge in [-0.3, -0.25) is 4.90 Å². The number of aromatic nitrogens is 2. The van der Waals surface area contributed by atoms with E-state index in [2.05, 4.69) is 52.6 Å². The van der Waals surface area contributed by atoms with E-state index in [0.717, 1.165) is 37.6 Å². The highest BCUT2D eigenvalue weighted by molar-refractivity contribution is 5.32. The molecule has 4 nitrogen and oxygen atoms in total. The molecule has 0 amide bonds. The Kier molecular flexibility index (Phi) is 3.83. The Morgan fingerprint density at radius 2 is 2.05 bits per heavy atom. The average molecular weight is 284 g/mol. The van der Waals surface area contributed by atoms with Crippen molar-refractivity contribution in [1.29, 1.82) is 0 Å². The molecule has 2 N–H and O–H groups in total.